The smallest absolute Gasteiger partial charge is 0.306 e. The fraction of sp³-hybridized carbons (Fsp3) is 0.200. The average molecular weight is 368 g/mol. The van der Waals surface area contributed by atoms with Crippen molar-refractivity contribution in [3.8, 4) is 0 Å². The van der Waals surface area contributed by atoms with Gasteiger partial charge in [-0.25, -0.2) is 0 Å². The quantitative estimate of drug-likeness (QED) is 0.442. The number of carbonyl (C=O) groups is 4. The summed E-state index contributed by atoms with van der Waals surface area (Å²) in [4.78, 5) is 47.0. The zero-order chi connectivity index (χ0) is 19.6. The van der Waals surface area contributed by atoms with E-state index in [-0.39, 0.29) is 18.6 Å². The minimum atomic E-state index is -0.683. The summed E-state index contributed by atoms with van der Waals surface area (Å²) < 4.78 is 4.79. The predicted molar refractivity (Wildman–Crippen MR) is 97.8 cm³/mol. The number of aryl methyl sites for hydroxylation is 1. The molecule has 2 N–H and O–H groups in total. The number of ether oxygens (including phenoxy) is 1. The zero-order valence-electron chi connectivity index (χ0n) is 14.9. The van der Waals surface area contributed by atoms with E-state index in [2.05, 4.69) is 10.9 Å². The number of Topliss-reactive ketones (excluding diaryl/α,β-unsaturated/α-hetero) is 1. The van der Waals surface area contributed by atoms with Crippen LogP contribution in [0.15, 0.2) is 54.6 Å². The molecule has 0 saturated carbocycles. The van der Waals surface area contributed by atoms with Crippen LogP contribution in [0.4, 0.5) is 0 Å². The van der Waals surface area contributed by atoms with Crippen LogP contribution in [0, 0.1) is 6.92 Å². The Morgan fingerprint density at radius 3 is 2.15 bits per heavy atom. The first-order valence-electron chi connectivity index (χ1n) is 8.35. The maximum atomic E-state index is 12.0. The van der Waals surface area contributed by atoms with E-state index in [9.17, 15) is 19.2 Å². The molecule has 7 heteroatoms. The Labute approximate surface area is 156 Å². The van der Waals surface area contributed by atoms with Crippen molar-refractivity contribution in [3.05, 3.63) is 71.3 Å². The average Bonchev–Trinajstić information content (AvgIpc) is 2.69. The van der Waals surface area contributed by atoms with Gasteiger partial charge in [-0.2, -0.15) is 0 Å². The van der Waals surface area contributed by atoms with E-state index in [1.165, 1.54) is 0 Å². The molecule has 0 heterocycles. The van der Waals surface area contributed by atoms with Crippen molar-refractivity contribution in [1.82, 2.24) is 10.9 Å². The van der Waals surface area contributed by atoms with Crippen LogP contribution in [0.5, 0.6) is 0 Å². The van der Waals surface area contributed by atoms with Crippen LogP contribution in [-0.4, -0.2) is 30.2 Å². The standard InChI is InChI=1S/C20H20N2O5/c1-14-7-9-15(10-8-14)17(23)11-12-19(25)27-13-18(24)21-22-20(26)16-5-3-2-4-6-16/h2-10H,11-13H2,1H3,(H,21,24)(H,22,26). The molecule has 7 nitrogen and oxygen atoms in total. The Hall–Kier alpha value is -3.48. The summed E-state index contributed by atoms with van der Waals surface area (Å²) in [6.07, 6.45) is -0.134. The maximum absolute atomic E-state index is 12.0. The molecule has 0 spiro atoms. The second-order valence-corrected chi connectivity index (χ2v) is 5.82. The molecule has 27 heavy (non-hydrogen) atoms. The Kier molecular flexibility index (Phi) is 7.25. The number of amides is 2. The summed E-state index contributed by atoms with van der Waals surface area (Å²) in [6, 6.07) is 15.4. The number of nitrogens with one attached hydrogen (secondary N) is 2. The molecule has 0 aliphatic rings. The van der Waals surface area contributed by atoms with Crippen LogP contribution >= 0.6 is 0 Å². The number of ketones is 1. The third-order valence-electron chi connectivity index (χ3n) is 3.65. The zero-order valence-corrected chi connectivity index (χ0v) is 14.9. The van der Waals surface area contributed by atoms with Crippen molar-refractivity contribution >= 4 is 23.6 Å². The lowest BCUT2D eigenvalue weighted by atomic mass is 10.1. The lowest BCUT2D eigenvalue weighted by molar-refractivity contribution is -0.148. The Bertz CT molecular complexity index is 816. The van der Waals surface area contributed by atoms with Gasteiger partial charge in [0.15, 0.2) is 12.4 Å². The third-order valence-corrected chi connectivity index (χ3v) is 3.65. The molecule has 0 saturated heterocycles. The number of hydrogen-bond donors (Lipinski definition) is 2. The number of hydrogen-bond acceptors (Lipinski definition) is 5. The van der Waals surface area contributed by atoms with Gasteiger partial charge in [-0.1, -0.05) is 48.0 Å². The van der Waals surface area contributed by atoms with Crippen LogP contribution in [0.1, 0.15) is 39.1 Å². The first-order chi connectivity index (χ1) is 13.0. The van der Waals surface area contributed by atoms with Gasteiger partial charge in [0.05, 0.1) is 6.42 Å². The molecule has 0 fully saturated rings. The summed E-state index contributed by atoms with van der Waals surface area (Å²) >= 11 is 0. The van der Waals surface area contributed by atoms with Gasteiger partial charge in [-0.15, -0.1) is 0 Å². The Morgan fingerprint density at radius 2 is 1.48 bits per heavy atom. The van der Waals surface area contributed by atoms with E-state index in [1.807, 2.05) is 19.1 Å². The van der Waals surface area contributed by atoms with Crippen LogP contribution < -0.4 is 10.9 Å². The van der Waals surface area contributed by atoms with Gasteiger partial charge in [0, 0.05) is 17.5 Å². The number of hydrazine groups is 1. The van der Waals surface area contributed by atoms with Crippen molar-refractivity contribution in [2.45, 2.75) is 19.8 Å². The van der Waals surface area contributed by atoms with Crippen LogP contribution in [-0.2, 0) is 14.3 Å². The van der Waals surface area contributed by atoms with E-state index < -0.39 is 24.4 Å². The van der Waals surface area contributed by atoms with E-state index in [1.54, 1.807) is 42.5 Å². The maximum Gasteiger partial charge on any atom is 0.306 e. The first kappa shape index (κ1) is 19.8. The third kappa shape index (κ3) is 6.74. The van der Waals surface area contributed by atoms with Crippen LogP contribution in [0.2, 0.25) is 0 Å². The highest BCUT2D eigenvalue weighted by Gasteiger charge is 2.12. The molecule has 0 atom stereocenters. The van der Waals surface area contributed by atoms with E-state index in [0.717, 1.165) is 5.56 Å². The molecular weight excluding hydrogens is 348 g/mol. The first-order valence-corrected chi connectivity index (χ1v) is 8.35. The van der Waals surface area contributed by atoms with Gasteiger partial charge in [0.2, 0.25) is 0 Å². The molecule has 0 radical (unpaired) electrons. The molecule has 0 bridgehead atoms. The summed E-state index contributed by atoms with van der Waals surface area (Å²) in [6.45, 7) is 1.37. The van der Waals surface area contributed by atoms with Gasteiger partial charge >= 0.3 is 5.97 Å². The molecule has 2 aromatic rings. The topological polar surface area (TPSA) is 102 Å². The van der Waals surface area contributed by atoms with Crippen molar-refractivity contribution in [1.29, 1.82) is 0 Å². The minimum Gasteiger partial charge on any atom is -0.455 e. The lowest BCUT2D eigenvalue weighted by Crippen LogP contribution is -2.43. The van der Waals surface area contributed by atoms with Gasteiger partial charge in [-0.05, 0) is 19.1 Å². The van der Waals surface area contributed by atoms with Gasteiger partial charge in [0.25, 0.3) is 11.8 Å². The molecule has 2 amide bonds. The monoisotopic (exact) mass is 368 g/mol. The summed E-state index contributed by atoms with van der Waals surface area (Å²) in [5.74, 6) is -2.01. The van der Waals surface area contributed by atoms with E-state index in [4.69, 9.17) is 4.74 Å². The number of esters is 1. The Morgan fingerprint density at radius 1 is 0.815 bits per heavy atom. The van der Waals surface area contributed by atoms with Gasteiger partial charge < -0.3 is 4.74 Å². The van der Waals surface area contributed by atoms with E-state index >= 15 is 0 Å². The summed E-state index contributed by atoms with van der Waals surface area (Å²) in [5.41, 5.74) is 6.30. The van der Waals surface area contributed by atoms with Crippen LogP contribution in [0.3, 0.4) is 0 Å². The van der Waals surface area contributed by atoms with Gasteiger partial charge in [0.1, 0.15) is 0 Å². The van der Waals surface area contributed by atoms with Gasteiger partial charge in [-0.3, -0.25) is 30.0 Å². The number of carbonyl (C=O) groups excluding carboxylic acids is 4. The van der Waals surface area contributed by atoms with Crippen molar-refractivity contribution in [2.24, 2.45) is 0 Å². The normalized spacial score (nSPS) is 9.96. The fourth-order valence-corrected chi connectivity index (χ4v) is 2.14. The Balaban J connectivity index is 1.66. The second-order valence-electron chi connectivity index (χ2n) is 5.82. The summed E-state index contributed by atoms with van der Waals surface area (Å²) in [5, 5.41) is 0. The van der Waals surface area contributed by atoms with Crippen molar-refractivity contribution < 1.29 is 23.9 Å². The summed E-state index contributed by atoms with van der Waals surface area (Å²) in [7, 11) is 0. The van der Waals surface area contributed by atoms with E-state index in [0.29, 0.717) is 11.1 Å². The molecule has 0 aliphatic carbocycles. The molecular formula is C20H20N2O5. The predicted octanol–water partition coefficient (Wildman–Crippen LogP) is 1.96. The minimum absolute atomic E-state index is 0.00570. The fourth-order valence-electron chi connectivity index (χ4n) is 2.14. The number of rotatable bonds is 7. The molecule has 0 aromatic heterocycles. The number of benzene rings is 2. The molecule has 2 aromatic carbocycles. The van der Waals surface area contributed by atoms with Crippen molar-refractivity contribution in [3.63, 3.8) is 0 Å². The lowest BCUT2D eigenvalue weighted by Gasteiger charge is -2.08. The van der Waals surface area contributed by atoms with Crippen LogP contribution in [0.25, 0.3) is 0 Å². The highest BCUT2D eigenvalue weighted by Crippen LogP contribution is 2.08. The molecule has 140 valence electrons. The van der Waals surface area contributed by atoms with Crippen molar-refractivity contribution in [2.75, 3.05) is 6.61 Å². The molecule has 2 rings (SSSR count). The molecule has 0 aliphatic heterocycles. The highest BCUT2D eigenvalue weighted by atomic mass is 16.5. The SMILES string of the molecule is Cc1ccc(C(=O)CCC(=O)OCC(=O)NNC(=O)c2ccccc2)cc1. The molecule has 0 unspecified atom stereocenters. The highest BCUT2D eigenvalue weighted by molar-refractivity contribution is 5.98. The largest absolute Gasteiger partial charge is 0.455 e. The second kappa shape index (κ2) is 9.86.